The van der Waals surface area contributed by atoms with Crippen LogP contribution in [0.5, 0.6) is 0 Å². The van der Waals surface area contributed by atoms with E-state index in [0.717, 1.165) is 31.4 Å². The summed E-state index contributed by atoms with van der Waals surface area (Å²) in [5.41, 5.74) is 0.152. The number of anilines is 1. The number of carbonyl (C=O) groups excluding carboxylic acids is 3. The zero-order valence-corrected chi connectivity index (χ0v) is 20.3. The molecule has 0 aromatic heterocycles. The van der Waals surface area contributed by atoms with Crippen LogP contribution in [-0.4, -0.2) is 46.9 Å². The van der Waals surface area contributed by atoms with Gasteiger partial charge in [-0.2, -0.15) is 11.8 Å². The monoisotopic (exact) mass is 458 g/mol. The third-order valence-corrected chi connectivity index (χ3v) is 9.63. The van der Waals surface area contributed by atoms with Crippen molar-refractivity contribution in [3.05, 3.63) is 30.3 Å². The Morgan fingerprint density at radius 2 is 1.97 bits per heavy atom. The lowest BCUT2D eigenvalue weighted by Gasteiger charge is -2.35. The van der Waals surface area contributed by atoms with Crippen LogP contribution < -0.4 is 5.01 Å². The topological polar surface area (TPSA) is 66.9 Å². The van der Waals surface area contributed by atoms with Crippen molar-refractivity contribution in [1.29, 1.82) is 0 Å². The quantitative estimate of drug-likeness (QED) is 0.539. The molecule has 1 saturated heterocycles. The van der Waals surface area contributed by atoms with Crippen molar-refractivity contribution in [3.63, 3.8) is 0 Å². The minimum absolute atomic E-state index is 0.00449. The van der Waals surface area contributed by atoms with E-state index in [-0.39, 0.29) is 34.5 Å². The Morgan fingerprint density at radius 1 is 1.25 bits per heavy atom. The van der Waals surface area contributed by atoms with Crippen LogP contribution in [0.15, 0.2) is 30.3 Å². The minimum Gasteiger partial charge on any atom is -0.469 e. The number of esters is 1. The summed E-state index contributed by atoms with van der Waals surface area (Å²) in [6.45, 7) is 6.50. The molecule has 0 unspecified atom stereocenters. The van der Waals surface area contributed by atoms with Crippen LogP contribution in [0.2, 0.25) is 0 Å². The van der Waals surface area contributed by atoms with Gasteiger partial charge in [0.25, 0.3) is 5.91 Å². The average molecular weight is 459 g/mol. The highest BCUT2D eigenvalue weighted by Gasteiger charge is 2.75. The van der Waals surface area contributed by atoms with Gasteiger partial charge in [-0.05, 0) is 49.1 Å². The van der Waals surface area contributed by atoms with Crippen LogP contribution in [-0.2, 0) is 19.1 Å². The molecule has 2 aliphatic carbocycles. The first-order valence-corrected chi connectivity index (χ1v) is 12.7. The molecule has 2 saturated carbocycles. The van der Waals surface area contributed by atoms with Crippen molar-refractivity contribution in [2.24, 2.45) is 16.7 Å². The van der Waals surface area contributed by atoms with E-state index in [9.17, 15) is 14.4 Å². The van der Waals surface area contributed by atoms with Gasteiger partial charge in [0.1, 0.15) is 0 Å². The minimum atomic E-state index is -0.497. The lowest BCUT2D eigenvalue weighted by Crippen LogP contribution is -2.48. The maximum atomic E-state index is 14.0. The SMILES string of the molecule is CC[C@@H](CC(=O)N1[C@@H]2C[C@H]3CC[C@]2(C(=O)N1c1ccccc1)C3(C)C)SCCC(=O)OC. The van der Waals surface area contributed by atoms with Gasteiger partial charge in [-0.15, -0.1) is 0 Å². The molecule has 174 valence electrons. The molecule has 2 bridgehead atoms. The molecule has 1 aliphatic heterocycles. The number of thioether (sulfide) groups is 1. The summed E-state index contributed by atoms with van der Waals surface area (Å²) < 4.78 is 4.73. The van der Waals surface area contributed by atoms with E-state index in [1.807, 2.05) is 35.3 Å². The molecule has 3 aliphatic rings. The Kier molecular flexibility index (Phi) is 6.31. The molecular formula is C25H34N2O4S. The molecule has 7 heteroatoms. The molecule has 4 atom stereocenters. The van der Waals surface area contributed by atoms with Gasteiger partial charge >= 0.3 is 5.97 Å². The highest BCUT2D eigenvalue weighted by molar-refractivity contribution is 7.99. The number of amides is 2. The largest absolute Gasteiger partial charge is 0.469 e. The molecule has 0 N–H and O–H groups in total. The maximum absolute atomic E-state index is 14.0. The number of carbonyl (C=O) groups is 3. The Bertz CT molecular complexity index is 889. The summed E-state index contributed by atoms with van der Waals surface area (Å²) in [5.74, 6) is 0.956. The van der Waals surface area contributed by atoms with Crippen LogP contribution in [0.25, 0.3) is 0 Å². The molecule has 1 aromatic carbocycles. The fraction of sp³-hybridized carbons (Fsp3) is 0.640. The normalized spacial score (nSPS) is 28.7. The number of hydrazine groups is 1. The molecule has 1 heterocycles. The van der Waals surface area contributed by atoms with Crippen molar-refractivity contribution < 1.29 is 19.1 Å². The molecular weight excluding hydrogens is 424 g/mol. The van der Waals surface area contributed by atoms with Crippen molar-refractivity contribution in [3.8, 4) is 0 Å². The molecule has 1 spiro atoms. The molecule has 2 amide bonds. The summed E-state index contributed by atoms with van der Waals surface area (Å²) in [6, 6.07) is 9.51. The number of ether oxygens (including phenoxy) is 1. The molecule has 1 aromatic rings. The Balaban J connectivity index is 1.60. The smallest absolute Gasteiger partial charge is 0.306 e. The van der Waals surface area contributed by atoms with Gasteiger partial charge in [-0.25, -0.2) is 10.0 Å². The van der Waals surface area contributed by atoms with Gasteiger partial charge in [0.2, 0.25) is 5.91 Å². The number of para-hydroxylation sites is 1. The highest BCUT2D eigenvalue weighted by Crippen LogP contribution is 2.70. The second-order valence-electron chi connectivity index (χ2n) is 9.80. The summed E-state index contributed by atoms with van der Waals surface area (Å²) >= 11 is 1.64. The zero-order valence-electron chi connectivity index (χ0n) is 19.5. The lowest BCUT2D eigenvalue weighted by atomic mass is 9.67. The first-order valence-electron chi connectivity index (χ1n) is 11.7. The van der Waals surface area contributed by atoms with Crippen LogP contribution in [0.4, 0.5) is 5.69 Å². The van der Waals surface area contributed by atoms with Gasteiger partial charge < -0.3 is 4.74 Å². The molecule has 32 heavy (non-hydrogen) atoms. The van der Waals surface area contributed by atoms with Crippen molar-refractivity contribution in [2.75, 3.05) is 17.9 Å². The van der Waals surface area contributed by atoms with Crippen LogP contribution >= 0.6 is 11.8 Å². The maximum Gasteiger partial charge on any atom is 0.306 e. The van der Waals surface area contributed by atoms with E-state index in [4.69, 9.17) is 4.74 Å². The second kappa shape index (κ2) is 8.73. The molecule has 0 radical (unpaired) electrons. The van der Waals surface area contributed by atoms with Gasteiger partial charge in [0.05, 0.1) is 30.7 Å². The third kappa shape index (κ3) is 3.44. The van der Waals surface area contributed by atoms with E-state index in [1.54, 1.807) is 16.8 Å². The van der Waals surface area contributed by atoms with Crippen molar-refractivity contribution >= 4 is 35.2 Å². The van der Waals surface area contributed by atoms with Crippen LogP contribution in [0.1, 0.15) is 59.3 Å². The second-order valence-corrected chi connectivity index (χ2v) is 11.2. The number of hydrogen-bond donors (Lipinski definition) is 0. The van der Waals surface area contributed by atoms with Crippen molar-refractivity contribution in [2.45, 2.75) is 70.6 Å². The first kappa shape index (κ1) is 23.1. The Morgan fingerprint density at radius 3 is 2.59 bits per heavy atom. The predicted octanol–water partition coefficient (Wildman–Crippen LogP) is 4.44. The average Bonchev–Trinajstić information content (AvgIpc) is 3.31. The number of fused-ring (bicyclic) bond motifs is 1. The Hall–Kier alpha value is -2.02. The van der Waals surface area contributed by atoms with E-state index in [1.165, 1.54) is 7.11 Å². The molecule has 4 rings (SSSR count). The fourth-order valence-electron chi connectivity index (χ4n) is 6.30. The van der Waals surface area contributed by atoms with Gasteiger partial charge in [-0.3, -0.25) is 14.4 Å². The summed E-state index contributed by atoms with van der Waals surface area (Å²) in [7, 11) is 1.39. The van der Waals surface area contributed by atoms with Crippen molar-refractivity contribution in [1.82, 2.24) is 5.01 Å². The third-order valence-electron chi connectivity index (χ3n) is 8.22. The Labute approximate surface area is 195 Å². The number of hydrogen-bond acceptors (Lipinski definition) is 5. The number of methoxy groups -OCH3 is 1. The lowest BCUT2D eigenvalue weighted by molar-refractivity contribution is -0.140. The van der Waals surface area contributed by atoms with E-state index < -0.39 is 5.41 Å². The van der Waals surface area contributed by atoms with Crippen LogP contribution in [0, 0.1) is 16.7 Å². The number of rotatable bonds is 8. The number of nitrogens with zero attached hydrogens (tertiary/aromatic N) is 2. The summed E-state index contributed by atoms with van der Waals surface area (Å²) in [5, 5.41) is 3.59. The first-order chi connectivity index (χ1) is 15.3. The molecule has 6 nitrogen and oxygen atoms in total. The van der Waals surface area contributed by atoms with E-state index >= 15 is 0 Å². The number of benzene rings is 1. The van der Waals surface area contributed by atoms with Gasteiger partial charge in [-0.1, -0.05) is 39.0 Å². The fourth-order valence-corrected chi connectivity index (χ4v) is 7.42. The van der Waals surface area contributed by atoms with Gasteiger partial charge in [0, 0.05) is 17.4 Å². The standard InChI is InChI=1S/C25H34N2O4S/c1-5-19(32-14-12-22(29)31-4)16-21(28)27-20-15-17-11-13-25(20,24(17,2)3)23(30)26(27)18-9-7-6-8-10-18/h6-10,17,19-20H,5,11-16H2,1-4H3/t17-,19+,20-,25+/m1/s1. The molecule has 3 fully saturated rings. The summed E-state index contributed by atoms with van der Waals surface area (Å²) in [6.07, 6.45) is 4.32. The predicted molar refractivity (Wildman–Crippen MR) is 126 cm³/mol. The van der Waals surface area contributed by atoms with Crippen LogP contribution in [0.3, 0.4) is 0 Å². The highest BCUT2D eigenvalue weighted by atomic mass is 32.2. The summed E-state index contributed by atoms with van der Waals surface area (Å²) in [4.78, 5) is 39.2. The van der Waals surface area contributed by atoms with E-state index in [0.29, 0.717) is 24.5 Å². The van der Waals surface area contributed by atoms with Gasteiger partial charge in [0.15, 0.2) is 0 Å². The van der Waals surface area contributed by atoms with E-state index in [2.05, 4.69) is 20.8 Å². The zero-order chi connectivity index (χ0) is 23.1.